The fraction of sp³-hybridized carbons (Fsp3) is 0.125. The molecule has 1 aromatic carbocycles. The molecule has 3 aromatic rings. The van der Waals surface area contributed by atoms with Crippen molar-refractivity contribution in [1.82, 2.24) is 4.98 Å². The van der Waals surface area contributed by atoms with Gasteiger partial charge < -0.3 is 10.0 Å². The van der Waals surface area contributed by atoms with Crippen molar-refractivity contribution in [2.24, 2.45) is 0 Å². The van der Waals surface area contributed by atoms with E-state index in [1.165, 1.54) is 4.88 Å². The van der Waals surface area contributed by atoms with E-state index in [1.807, 2.05) is 47.7 Å². The van der Waals surface area contributed by atoms with Crippen molar-refractivity contribution in [1.29, 1.82) is 0 Å². The smallest absolute Gasteiger partial charge is 0.354 e. The molecule has 0 atom stereocenters. The predicted molar refractivity (Wildman–Crippen MR) is 85.1 cm³/mol. The van der Waals surface area contributed by atoms with Gasteiger partial charge in [0.25, 0.3) is 0 Å². The average molecular weight is 298 g/mol. The maximum atomic E-state index is 11.3. The van der Waals surface area contributed by atoms with Gasteiger partial charge in [0.15, 0.2) is 5.69 Å². The number of hydrogen-bond donors (Lipinski definition) is 1. The number of carbonyl (C=O) groups is 1. The van der Waals surface area contributed by atoms with Crippen molar-refractivity contribution >= 4 is 33.9 Å². The molecule has 0 aliphatic carbocycles. The summed E-state index contributed by atoms with van der Waals surface area (Å²) in [6.45, 7) is 0.706. The molecule has 0 saturated heterocycles. The fourth-order valence-electron chi connectivity index (χ4n) is 2.29. The molecule has 0 fully saturated rings. The minimum Gasteiger partial charge on any atom is -0.477 e. The van der Waals surface area contributed by atoms with Gasteiger partial charge in [-0.1, -0.05) is 30.3 Å². The van der Waals surface area contributed by atoms with Crippen molar-refractivity contribution in [3.63, 3.8) is 0 Å². The SMILES string of the molecule is CN(Cc1cccs1)c1nc(C(=O)O)cc2ccccc12. The minimum atomic E-state index is -1.01. The third-order valence-corrected chi connectivity index (χ3v) is 4.14. The van der Waals surface area contributed by atoms with Crippen LogP contribution >= 0.6 is 11.3 Å². The van der Waals surface area contributed by atoms with Gasteiger partial charge in [-0.05, 0) is 22.9 Å². The Labute approximate surface area is 126 Å². The number of benzene rings is 1. The molecule has 1 N–H and O–H groups in total. The number of hydrogen-bond acceptors (Lipinski definition) is 4. The molecule has 0 aliphatic heterocycles. The van der Waals surface area contributed by atoms with E-state index in [1.54, 1.807) is 17.4 Å². The molecule has 0 spiro atoms. The highest BCUT2D eigenvalue weighted by molar-refractivity contribution is 7.09. The zero-order valence-electron chi connectivity index (χ0n) is 11.5. The number of anilines is 1. The van der Waals surface area contributed by atoms with Crippen LogP contribution in [0, 0.1) is 0 Å². The van der Waals surface area contributed by atoms with Crippen LogP contribution in [-0.2, 0) is 6.54 Å². The van der Waals surface area contributed by atoms with Crippen LogP contribution < -0.4 is 4.90 Å². The number of nitrogens with zero attached hydrogens (tertiary/aromatic N) is 2. The normalized spacial score (nSPS) is 10.7. The van der Waals surface area contributed by atoms with Crippen LogP contribution in [-0.4, -0.2) is 23.1 Å². The van der Waals surface area contributed by atoms with Crippen molar-refractivity contribution in [2.75, 3.05) is 11.9 Å². The van der Waals surface area contributed by atoms with Crippen LogP contribution in [0.15, 0.2) is 47.8 Å². The van der Waals surface area contributed by atoms with E-state index in [4.69, 9.17) is 0 Å². The molecule has 106 valence electrons. The van der Waals surface area contributed by atoms with E-state index in [0.29, 0.717) is 12.4 Å². The molecule has 2 aromatic heterocycles. The lowest BCUT2D eigenvalue weighted by Gasteiger charge is -2.19. The van der Waals surface area contributed by atoms with Crippen LogP contribution in [0.5, 0.6) is 0 Å². The lowest BCUT2D eigenvalue weighted by Crippen LogP contribution is -2.18. The van der Waals surface area contributed by atoms with Crippen LogP contribution in [0.1, 0.15) is 15.4 Å². The van der Waals surface area contributed by atoms with Crippen molar-refractivity contribution < 1.29 is 9.90 Å². The third-order valence-electron chi connectivity index (χ3n) is 3.27. The molecular weight excluding hydrogens is 284 g/mol. The number of thiophene rings is 1. The van der Waals surface area contributed by atoms with E-state index in [0.717, 1.165) is 10.8 Å². The summed E-state index contributed by atoms with van der Waals surface area (Å²) in [4.78, 5) is 18.8. The van der Waals surface area contributed by atoms with Gasteiger partial charge in [0.05, 0.1) is 6.54 Å². The molecule has 4 nitrogen and oxygen atoms in total. The van der Waals surface area contributed by atoms with E-state index in [-0.39, 0.29) is 5.69 Å². The average Bonchev–Trinajstić information content (AvgIpc) is 2.98. The summed E-state index contributed by atoms with van der Waals surface area (Å²) in [5.74, 6) is -0.314. The van der Waals surface area contributed by atoms with Crippen LogP contribution in [0.3, 0.4) is 0 Å². The Morgan fingerprint density at radius 1 is 1.29 bits per heavy atom. The molecule has 0 saturated carbocycles. The molecule has 0 aliphatic rings. The van der Waals surface area contributed by atoms with Crippen LogP contribution in [0.25, 0.3) is 10.8 Å². The number of aromatic carboxylic acids is 1. The minimum absolute atomic E-state index is 0.0710. The Hall–Kier alpha value is -2.40. The number of carboxylic acid groups (broad SMARTS) is 1. The second-order valence-electron chi connectivity index (χ2n) is 4.79. The zero-order valence-corrected chi connectivity index (χ0v) is 12.3. The molecule has 2 heterocycles. The molecular formula is C16H14N2O2S. The lowest BCUT2D eigenvalue weighted by molar-refractivity contribution is 0.0691. The first kappa shape index (κ1) is 13.6. The van der Waals surface area contributed by atoms with Crippen LogP contribution in [0.4, 0.5) is 5.82 Å². The largest absolute Gasteiger partial charge is 0.477 e. The van der Waals surface area contributed by atoms with Gasteiger partial charge in [0.1, 0.15) is 5.82 Å². The van der Waals surface area contributed by atoms with E-state index in [9.17, 15) is 9.90 Å². The third kappa shape index (κ3) is 2.73. The molecule has 3 rings (SSSR count). The van der Waals surface area contributed by atoms with Gasteiger partial charge in [-0.25, -0.2) is 9.78 Å². The monoisotopic (exact) mass is 298 g/mol. The quantitative estimate of drug-likeness (QED) is 0.799. The van der Waals surface area contributed by atoms with Gasteiger partial charge >= 0.3 is 5.97 Å². The van der Waals surface area contributed by atoms with Gasteiger partial charge in [0.2, 0.25) is 0 Å². The van der Waals surface area contributed by atoms with Crippen molar-refractivity contribution in [2.45, 2.75) is 6.54 Å². The fourth-order valence-corrected chi connectivity index (χ4v) is 3.05. The first-order chi connectivity index (χ1) is 10.1. The van der Waals surface area contributed by atoms with Gasteiger partial charge in [0, 0.05) is 17.3 Å². The Morgan fingerprint density at radius 2 is 2.10 bits per heavy atom. The summed E-state index contributed by atoms with van der Waals surface area (Å²) in [6, 6.07) is 13.4. The molecule has 21 heavy (non-hydrogen) atoms. The van der Waals surface area contributed by atoms with Gasteiger partial charge in [-0.2, -0.15) is 0 Å². The van der Waals surface area contributed by atoms with Gasteiger partial charge in [-0.15, -0.1) is 11.3 Å². The predicted octanol–water partition coefficient (Wildman–Crippen LogP) is 3.63. The Kier molecular flexibility index (Phi) is 3.58. The summed E-state index contributed by atoms with van der Waals surface area (Å²) in [5, 5.41) is 13.1. The second-order valence-corrected chi connectivity index (χ2v) is 5.83. The highest BCUT2D eigenvalue weighted by Gasteiger charge is 2.14. The standard InChI is InChI=1S/C16H14N2O2S/c1-18(10-12-6-4-8-21-12)15-13-7-3-2-5-11(13)9-14(17-15)16(19)20/h2-9H,10H2,1H3,(H,19,20). The highest BCUT2D eigenvalue weighted by Crippen LogP contribution is 2.26. The summed E-state index contributed by atoms with van der Waals surface area (Å²) in [7, 11) is 1.93. The maximum Gasteiger partial charge on any atom is 0.354 e. The summed E-state index contributed by atoms with van der Waals surface area (Å²) >= 11 is 1.68. The van der Waals surface area contributed by atoms with Gasteiger partial charge in [-0.3, -0.25) is 0 Å². The highest BCUT2D eigenvalue weighted by atomic mass is 32.1. The summed E-state index contributed by atoms with van der Waals surface area (Å²) in [5.41, 5.74) is 0.0710. The second kappa shape index (κ2) is 5.54. The first-order valence-electron chi connectivity index (χ1n) is 6.52. The molecule has 0 bridgehead atoms. The Bertz CT molecular complexity index is 784. The van der Waals surface area contributed by atoms with E-state index >= 15 is 0 Å². The summed E-state index contributed by atoms with van der Waals surface area (Å²) < 4.78 is 0. The molecule has 0 unspecified atom stereocenters. The maximum absolute atomic E-state index is 11.3. The lowest BCUT2D eigenvalue weighted by atomic mass is 10.1. The number of carboxylic acids is 1. The van der Waals surface area contributed by atoms with Crippen molar-refractivity contribution in [3.05, 3.63) is 58.4 Å². The van der Waals surface area contributed by atoms with E-state index in [2.05, 4.69) is 11.1 Å². The Balaban J connectivity index is 2.08. The van der Waals surface area contributed by atoms with Crippen LogP contribution in [0.2, 0.25) is 0 Å². The zero-order chi connectivity index (χ0) is 14.8. The molecule has 0 amide bonds. The van der Waals surface area contributed by atoms with Crippen molar-refractivity contribution in [3.8, 4) is 0 Å². The topological polar surface area (TPSA) is 53.4 Å². The number of pyridine rings is 1. The number of fused-ring (bicyclic) bond motifs is 1. The number of aromatic nitrogens is 1. The van der Waals surface area contributed by atoms with E-state index < -0.39 is 5.97 Å². The number of rotatable bonds is 4. The molecule has 0 radical (unpaired) electrons. The molecule has 5 heteroatoms. The Morgan fingerprint density at radius 3 is 2.81 bits per heavy atom. The summed E-state index contributed by atoms with van der Waals surface area (Å²) in [6.07, 6.45) is 0. The first-order valence-corrected chi connectivity index (χ1v) is 7.40.